The Morgan fingerprint density at radius 3 is 2.22 bits per heavy atom. The Morgan fingerprint density at radius 2 is 1.70 bits per heavy atom. The van der Waals surface area contributed by atoms with Crippen LogP contribution >= 0.6 is 0 Å². The zero-order chi connectivity index (χ0) is 17.4. The number of nitrogens with one attached hydrogen (secondary N) is 2. The van der Waals surface area contributed by atoms with Gasteiger partial charge < -0.3 is 5.32 Å². The highest BCUT2D eigenvalue weighted by atomic mass is 32.2. The third-order valence-corrected chi connectivity index (χ3v) is 4.14. The molecule has 11 nitrogen and oxygen atoms in total. The topological polar surface area (TPSA) is 183 Å². The van der Waals surface area contributed by atoms with Crippen LogP contribution in [-0.4, -0.2) is 40.9 Å². The fourth-order valence-corrected chi connectivity index (χ4v) is 2.65. The van der Waals surface area contributed by atoms with Gasteiger partial charge in [-0.1, -0.05) is 0 Å². The Hall–Kier alpha value is -2.42. The fraction of sp³-hybridized carbons (Fsp3) is 0. The Morgan fingerprint density at radius 1 is 1.04 bits per heavy atom. The molecule has 0 unspecified atom stereocenters. The Kier molecular flexibility index (Phi) is 4.16. The van der Waals surface area contributed by atoms with Gasteiger partial charge in [0.15, 0.2) is 0 Å². The van der Waals surface area contributed by atoms with E-state index >= 15 is 0 Å². The number of aromatic nitrogens is 3. The summed E-state index contributed by atoms with van der Waals surface area (Å²) < 4.78 is 75.8. The van der Waals surface area contributed by atoms with E-state index in [1.165, 1.54) is 0 Å². The molecule has 1 heterocycles. The molecular weight excluding hydrogens is 357 g/mol. The molecule has 0 saturated heterocycles. The molecule has 0 spiro atoms. The molecule has 23 heavy (non-hydrogen) atoms. The first-order valence-electron chi connectivity index (χ1n) is 5.46. The van der Waals surface area contributed by atoms with E-state index in [4.69, 9.17) is 14.8 Å². The number of hydrogen-bond donors (Lipinski definition) is 3. The van der Waals surface area contributed by atoms with E-state index in [2.05, 4.69) is 20.3 Å². The van der Waals surface area contributed by atoms with Gasteiger partial charge in [0.25, 0.3) is 20.2 Å². The molecule has 1 aromatic heterocycles. The van der Waals surface area contributed by atoms with E-state index in [1.807, 2.05) is 0 Å². The first-order valence-corrected chi connectivity index (χ1v) is 8.34. The molecule has 0 bridgehead atoms. The number of hydrogen-bond acceptors (Lipinski definition) is 8. The highest BCUT2D eigenvalue weighted by molar-refractivity contribution is 7.86. The molecular formula is C9H7FN5O6S2. The normalized spacial score (nSPS) is 12.1. The van der Waals surface area contributed by atoms with Gasteiger partial charge in [-0.25, -0.2) is 0 Å². The summed E-state index contributed by atoms with van der Waals surface area (Å²) in [5, 5.41) is 2.14. The van der Waals surface area contributed by atoms with Crippen LogP contribution in [0.5, 0.6) is 0 Å². The van der Waals surface area contributed by atoms with Crippen LogP contribution in [0.3, 0.4) is 0 Å². The number of rotatable bonds is 4. The van der Waals surface area contributed by atoms with Crippen LogP contribution in [0.25, 0.3) is 0 Å². The molecule has 123 valence electrons. The molecule has 2 aromatic rings. The molecule has 0 aliphatic rings. The molecule has 14 heteroatoms. The maximum atomic E-state index is 13.0. The molecule has 0 aliphatic carbocycles. The van der Waals surface area contributed by atoms with E-state index in [0.29, 0.717) is 12.1 Å². The number of nitrogens with zero attached hydrogens (tertiary/aromatic N) is 3. The first-order chi connectivity index (χ1) is 10.5. The quantitative estimate of drug-likeness (QED) is 0.631. The summed E-state index contributed by atoms with van der Waals surface area (Å²) in [6.07, 6.45) is -1.34. The van der Waals surface area contributed by atoms with Crippen LogP contribution in [0.1, 0.15) is 0 Å². The average molecular weight is 364 g/mol. The standard InChI is InChI=1S/C9H7FN5O6S2/c10-7-13-8(11)15-9(14-7)12-5-3-4(22(16,17)18)1-2-6(5)23(19,20)21/h1-3,11H,(H,16,17,18)(H,19,20,21)(H,12,13,14,15). The van der Waals surface area contributed by atoms with E-state index in [9.17, 15) is 21.2 Å². The van der Waals surface area contributed by atoms with Gasteiger partial charge in [-0.15, -0.1) is 0 Å². The minimum Gasteiger partial charge on any atom is -0.323 e. The van der Waals surface area contributed by atoms with Crippen molar-refractivity contribution in [2.75, 3.05) is 5.32 Å². The Bertz CT molecular complexity index is 958. The number of anilines is 2. The second kappa shape index (κ2) is 5.65. The van der Waals surface area contributed by atoms with Gasteiger partial charge in [0.1, 0.15) is 4.90 Å². The number of benzene rings is 1. The van der Waals surface area contributed by atoms with Crippen molar-refractivity contribution in [3.05, 3.63) is 24.3 Å². The summed E-state index contributed by atoms with van der Waals surface area (Å²) in [6.45, 7) is 0. The Balaban J connectivity index is 2.62. The van der Waals surface area contributed by atoms with E-state index < -0.39 is 53.7 Å². The fourth-order valence-electron chi connectivity index (χ4n) is 1.52. The third-order valence-electron chi connectivity index (χ3n) is 2.38. The molecule has 0 amide bonds. The van der Waals surface area contributed by atoms with E-state index in [-0.39, 0.29) is 0 Å². The SMILES string of the molecule is [NH]c1nc(F)nc(Nc2cc(S(=O)(=O)O)ccc2S(=O)(=O)O)n1. The molecule has 0 saturated carbocycles. The van der Waals surface area contributed by atoms with Gasteiger partial charge in [-0.3, -0.25) is 14.8 Å². The van der Waals surface area contributed by atoms with Crippen molar-refractivity contribution in [2.45, 2.75) is 9.79 Å². The van der Waals surface area contributed by atoms with Crippen molar-refractivity contribution >= 4 is 37.8 Å². The van der Waals surface area contributed by atoms with Crippen molar-refractivity contribution < 1.29 is 30.3 Å². The van der Waals surface area contributed by atoms with Gasteiger partial charge in [-0.2, -0.15) is 36.2 Å². The van der Waals surface area contributed by atoms with E-state index in [0.717, 1.165) is 6.07 Å². The second-order valence-corrected chi connectivity index (χ2v) is 6.80. The van der Waals surface area contributed by atoms with Gasteiger partial charge >= 0.3 is 6.08 Å². The van der Waals surface area contributed by atoms with Crippen LogP contribution in [0, 0.1) is 6.08 Å². The molecule has 2 rings (SSSR count). The van der Waals surface area contributed by atoms with Crippen molar-refractivity contribution in [3.63, 3.8) is 0 Å². The zero-order valence-corrected chi connectivity index (χ0v) is 12.4. The lowest BCUT2D eigenvalue weighted by atomic mass is 10.3. The van der Waals surface area contributed by atoms with Crippen LogP contribution in [0.4, 0.5) is 22.0 Å². The molecule has 4 N–H and O–H groups in total. The lowest BCUT2D eigenvalue weighted by Crippen LogP contribution is -2.08. The summed E-state index contributed by atoms with van der Waals surface area (Å²) in [7, 11) is -9.46. The van der Waals surface area contributed by atoms with Crippen molar-refractivity contribution in [2.24, 2.45) is 0 Å². The lowest BCUT2D eigenvalue weighted by Gasteiger charge is -2.10. The second-order valence-electron chi connectivity index (χ2n) is 3.98. The highest BCUT2D eigenvalue weighted by Gasteiger charge is 2.20. The smallest absolute Gasteiger partial charge is 0.315 e. The van der Waals surface area contributed by atoms with Crippen LogP contribution in [0.2, 0.25) is 0 Å². The van der Waals surface area contributed by atoms with Crippen LogP contribution in [0.15, 0.2) is 28.0 Å². The maximum absolute atomic E-state index is 13.0. The first kappa shape index (κ1) is 16.9. The third kappa shape index (κ3) is 4.07. The predicted octanol–water partition coefficient (Wildman–Crippen LogP) is 0.162. The molecule has 0 aliphatic heterocycles. The summed E-state index contributed by atoms with van der Waals surface area (Å²) in [5.41, 5.74) is 6.55. The minimum atomic E-state index is -4.79. The molecule has 1 radical (unpaired) electrons. The minimum absolute atomic E-state index is 0.562. The largest absolute Gasteiger partial charge is 0.323 e. The summed E-state index contributed by atoms with van der Waals surface area (Å²) in [4.78, 5) is 7.94. The zero-order valence-electron chi connectivity index (χ0n) is 10.8. The van der Waals surface area contributed by atoms with E-state index in [1.54, 1.807) is 0 Å². The van der Waals surface area contributed by atoms with Crippen molar-refractivity contribution in [1.29, 1.82) is 0 Å². The monoisotopic (exact) mass is 364 g/mol. The summed E-state index contributed by atoms with van der Waals surface area (Å²) in [5.74, 6) is -1.39. The Labute approximate surface area is 128 Å². The van der Waals surface area contributed by atoms with Crippen LogP contribution < -0.4 is 11.1 Å². The summed E-state index contributed by atoms with van der Waals surface area (Å²) >= 11 is 0. The molecule has 1 aromatic carbocycles. The van der Waals surface area contributed by atoms with Crippen molar-refractivity contribution in [1.82, 2.24) is 20.7 Å². The number of halogens is 1. The van der Waals surface area contributed by atoms with Crippen LogP contribution in [-0.2, 0) is 20.2 Å². The van der Waals surface area contributed by atoms with Gasteiger partial charge in [0, 0.05) is 0 Å². The molecule has 0 fully saturated rings. The van der Waals surface area contributed by atoms with Gasteiger partial charge in [0.05, 0.1) is 10.6 Å². The predicted molar refractivity (Wildman–Crippen MR) is 71.9 cm³/mol. The molecule has 0 atom stereocenters. The average Bonchev–Trinajstić information content (AvgIpc) is 2.34. The summed E-state index contributed by atoms with van der Waals surface area (Å²) in [6, 6.07) is 2.08. The van der Waals surface area contributed by atoms with Gasteiger partial charge in [-0.05, 0) is 18.2 Å². The van der Waals surface area contributed by atoms with Gasteiger partial charge in [0.2, 0.25) is 11.9 Å². The highest BCUT2D eigenvalue weighted by Crippen LogP contribution is 2.27. The maximum Gasteiger partial charge on any atom is 0.315 e. The van der Waals surface area contributed by atoms with Crippen molar-refractivity contribution in [3.8, 4) is 0 Å². The lowest BCUT2D eigenvalue weighted by molar-refractivity contribution is 0.479.